The molecule has 6 nitrogen and oxygen atoms in total. The van der Waals surface area contributed by atoms with Crippen LogP contribution in [0.15, 0.2) is 54.7 Å². The fraction of sp³-hybridized carbons (Fsp3) is 0.370. The second-order valence-electron chi connectivity index (χ2n) is 8.41. The van der Waals surface area contributed by atoms with Crippen LogP contribution in [0.4, 0.5) is 5.69 Å². The zero-order valence-electron chi connectivity index (χ0n) is 18.7. The average Bonchev–Trinajstić information content (AvgIpc) is 2.81. The molecule has 0 aliphatic carbocycles. The molecule has 1 aliphatic rings. The zero-order chi connectivity index (χ0) is 22.3. The standard InChI is InChI=1S/C26H31N5O.CH4/c1-19-18-29-26(16-20-6-9-23(10-7-20)31-14-12-28-13-15-31)30-24(19)11-8-21-4-2-3-5-22(21)17-25(27)32;/h2-7,9-10,18,28H,8,11-17H2,1H3,(H2,27,32);1H4. The Balaban J connectivity index is 0.00000306. The predicted octanol–water partition coefficient (Wildman–Crippen LogP) is 3.23. The lowest BCUT2D eigenvalue weighted by atomic mass is 9.98. The second kappa shape index (κ2) is 11.6. The number of aromatic nitrogens is 2. The highest BCUT2D eigenvalue weighted by Crippen LogP contribution is 2.18. The zero-order valence-corrected chi connectivity index (χ0v) is 18.7. The third-order valence-electron chi connectivity index (χ3n) is 6.02. The molecular formula is C27H35N5O. The Kier molecular flexibility index (Phi) is 8.55. The lowest BCUT2D eigenvalue weighted by Crippen LogP contribution is -2.43. The van der Waals surface area contributed by atoms with E-state index in [9.17, 15) is 4.79 Å². The van der Waals surface area contributed by atoms with Crippen molar-refractivity contribution in [1.29, 1.82) is 0 Å². The number of nitrogens with zero attached hydrogens (tertiary/aromatic N) is 3. The molecule has 0 radical (unpaired) electrons. The number of amides is 1. The van der Waals surface area contributed by atoms with Gasteiger partial charge in [0.25, 0.3) is 0 Å². The molecule has 0 saturated carbocycles. The topological polar surface area (TPSA) is 84.1 Å². The minimum Gasteiger partial charge on any atom is -0.369 e. The number of hydrogen-bond donors (Lipinski definition) is 2. The van der Waals surface area contributed by atoms with Crippen LogP contribution in [0, 0.1) is 6.92 Å². The van der Waals surface area contributed by atoms with Gasteiger partial charge in [-0.3, -0.25) is 4.79 Å². The van der Waals surface area contributed by atoms with Crippen molar-refractivity contribution in [3.63, 3.8) is 0 Å². The number of carbonyl (C=O) groups excluding carboxylic acids is 1. The van der Waals surface area contributed by atoms with E-state index in [2.05, 4.69) is 52.5 Å². The Morgan fingerprint density at radius 1 is 1.03 bits per heavy atom. The van der Waals surface area contributed by atoms with Gasteiger partial charge in [-0.05, 0) is 54.2 Å². The van der Waals surface area contributed by atoms with Crippen LogP contribution >= 0.6 is 0 Å². The van der Waals surface area contributed by atoms with Gasteiger partial charge in [0.1, 0.15) is 5.82 Å². The van der Waals surface area contributed by atoms with Crippen LogP contribution < -0.4 is 16.0 Å². The van der Waals surface area contributed by atoms with Crippen LogP contribution in [0.3, 0.4) is 0 Å². The van der Waals surface area contributed by atoms with Crippen molar-refractivity contribution in [3.8, 4) is 0 Å². The predicted molar refractivity (Wildman–Crippen MR) is 135 cm³/mol. The fourth-order valence-electron chi connectivity index (χ4n) is 4.20. The summed E-state index contributed by atoms with van der Waals surface area (Å²) in [6.07, 6.45) is 4.53. The summed E-state index contributed by atoms with van der Waals surface area (Å²) in [6.45, 7) is 6.22. The summed E-state index contributed by atoms with van der Waals surface area (Å²) in [5.41, 5.74) is 12.2. The van der Waals surface area contributed by atoms with Crippen molar-refractivity contribution in [3.05, 3.63) is 88.5 Å². The fourth-order valence-corrected chi connectivity index (χ4v) is 4.20. The number of rotatable bonds is 8. The molecule has 1 fully saturated rings. The third kappa shape index (κ3) is 6.62. The first-order valence-electron chi connectivity index (χ1n) is 11.3. The highest BCUT2D eigenvalue weighted by Gasteiger charge is 2.11. The Bertz CT molecular complexity index is 1060. The Hall–Kier alpha value is -3.25. The van der Waals surface area contributed by atoms with E-state index in [1.165, 1.54) is 11.3 Å². The number of nitrogens with one attached hydrogen (secondary N) is 1. The van der Waals surface area contributed by atoms with Gasteiger partial charge in [0, 0.05) is 50.2 Å². The van der Waals surface area contributed by atoms with Crippen molar-refractivity contribution in [1.82, 2.24) is 15.3 Å². The largest absolute Gasteiger partial charge is 0.369 e. The van der Waals surface area contributed by atoms with Crippen LogP contribution in [0.2, 0.25) is 0 Å². The monoisotopic (exact) mass is 445 g/mol. The third-order valence-corrected chi connectivity index (χ3v) is 6.02. The molecule has 6 heteroatoms. The Labute approximate surface area is 197 Å². The Morgan fingerprint density at radius 3 is 2.42 bits per heavy atom. The van der Waals surface area contributed by atoms with Crippen molar-refractivity contribution >= 4 is 11.6 Å². The molecule has 174 valence electrons. The van der Waals surface area contributed by atoms with E-state index in [1.54, 1.807) is 0 Å². The summed E-state index contributed by atoms with van der Waals surface area (Å²) < 4.78 is 0. The van der Waals surface area contributed by atoms with Crippen LogP contribution in [-0.4, -0.2) is 42.1 Å². The Morgan fingerprint density at radius 2 is 1.73 bits per heavy atom. The van der Waals surface area contributed by atoms with E-state index in [1.807, 2.05) is 24.4 Å². The molecule has 1 aliphatic heterocycles. The molecule has 33 heavy (non-hydrogen) atoms. The maximum atomic E-state index is 11.4. The number of hydrogen-bond acceptors (Lipinski definition) is 5. The maximum Gasteiger partial charge on any atom is 0.221 e. The van der Waals surface area contributed by atoms with Crippen molar-refractivity contribution in [2.24, 2.45) is 5.73 Å². The lowest BCUT2D eigenvalue weighted by Gasteiger charge is -2.29. The first-order chi connectivity index (χ1) is 15.6. The van der Waals surface area contributed by atoms with Crippen molar-refractivity contribution < 1.29 is 4.79 Å². The first-order valence-corrected chi connectivity index (χ1v) is 11.3. The minimum absolute atomic E-state index is 0. The van der Waals surface area contributed by atoms with E-state index in [0.29, 0.717) is 6.42 Å². The van der Waals surface area contributed by atoms with Gasteiger partial charge in [-0.1, -0.05) is 43.8 Å². The summed E-state index contributed by atoms with van der Waals surface area (Å²) in [7, 11) is 0. The molecule has 1 aromatic heterocycles. The number of benzene rings is 2. The van der Waals surface area contributed by atoms with Gasteiger partial charge in [0.15, 0.2) is 0 Å². The first kappa shape index (κ1) is 24.4. The smallest absolute Gasteiger partial charge is 0.221 e. The number of piperazine rings is 1. The number of aryl methyl sites for hydroxylation is 3. The van der Waals surface area contributed by atoms with Crippen molar-refractivity contribution in [2.45, 2.75) is 40.0 Å². The van der Waals surface area contributed by atoms with Crippen LogP contribution in [-0.2, 0) is 30.5 Å². The molecule has 4 rings (SSSR count). The van der Waals surface area contributed by atoms with Crippen LogP contribution in [0.5, 0.6) is 0 Å². The van der Waals surface area contributed by atoms with Crippen molar-refractivity contribution in [2.75, 3.05) is 31.1 Å². The number of nitrogens with two attached hydrogens (primary N) is 1. The summed E-state index contributed by atoms with van der Waals surface area (Å²) in [5.74, 6) is 0.534. The van der Waals surface area contributed by atoms with E-state index < -0.39 is 0 Å². The van der Waals surface area contributed by atoms with Gasteiger partial charge in [-0.15, -0.1) is 0 Å². The molecule has 1 saturated heterocycles. The van der Waals surface area contributed by atoms with Gasteiger partial charge in [-0.2, -0.15) is 0 Å². The van der Waals surface area contributed by atoms with E-state index >= 15 is 0 Å². The second-order valence-corrected chi connectivity index (χ2v) is 8.41. The van der Waals surface area contributed by atoms with Gasteiger partial charge in [0.2, 0.25) is 5.91 Å². The molecule has 2 heterocycles. The van der Waals surface area contributed by atoms with Gasteiger partial charge < -0.3 is 16.0 Å². The normalized spacial score (nSPS) is 13.4. The molecule has 3 aromatic rings. The molecule has 0 bridgehead atoms. The van der Waals surface area contributed by atoms with Gasteiger partial charge in [-0.25, -0.2) is 9.97 Å². The molecular weight excluding hydrogens is 410 g/mol. The molecule has 0 spiro atoms. The molecule has 1 amide bonds. The number of carbonyl (C=O) groups is 1. The molecule has 2 aromatic carbocycles. The lowest BCUT2D eigenvalue weighted by molar-refractivity contribution is -0.117. The SMILES string of the molecule is C.Cc1cnc(Cc2ccc(N3CCNCC3)cc2)nc1CCc1ccccc1CC(N)=O. The van der Waals surface area contributed by atoms with Gasteiger partial charge in [0.05, 0.1) is 6.42 Å². The van der Waals surface area contributed by atoms with Crippen LogP contribution in [0.1, 0.15) is 41.2 Å². The highest BCUT2D eigenvalue weighted by atomic mass is 16.1. The highest BCUT2D eigenvalue weighted by molar-refractivity contribution is 5.77. The summed E-state index contributed by atoms with van der Waals surface area (Å²) in [5, 5.41) is 3.39. The van der Waals surface area contributed by atoms with E-state index in [4.69, 9.17) is 10.7 Å². The summed E-state index contributed by atoms with van der Waals surface area (Å²) in [6, 6.07) is 16.8. The van der Waals surface area contributed by atoms with E-state index in [0.717, 1.165) is 67.2 Å². The molecule has 0 unspecified atom stereocenters. The minimum atomic E-state index is -0.305. The number of primary amides is 1. The maximum absolute atomic E-state index is 11.4. The molecule has 3 N–H and O–H groups in total. The summed E-state index contributed by atoms with van der Waals surface area (Å²) in [4.78, 5) is 23.2. The summed E-state index contributed by atoms with van der Waals surface area (Å²) >= 11 is 0. The average molecular weight is 446 g/mol. The van der Waals surface area contributed by atoms with Crippen LogP contribution in [0.25, 0.3) is 0 Å². The molecule has 0 atom stereocenters. The van der Waals surface area contributed by atoms with E-state index in [-0.39, 0.29) is 19.8 Å². The quantitative estimate of drug-likeness (QED) is 0.556. The van der Waals surface area contributed by atoms with Gasteiger partial charge >= 0.3 is 0 Å². The number of anilines is 1.